The molecule has 6 heteroatoms. The van der Waals surface area contributed by atoms with Crippen molar-refractivity contribution < 1.29 is 4.42 Å². The molecule has 4 atom stereocenters. The number of aromatic nitrogens is 1. The number of fused-ring (bicyclic) bond motifs is 16. The molecule has 416 valence electrons. The van der Waals surface area contributed by atoms with Gasteiger partial charge in [-0.15, -0.1) is 0 Å². The lowest BCUT2D eigenvalue weighted by Crippen LogP contribution is -2.61. The SMILES string of the molecule is CC(C)(C)c1ccc2c(c1)C1(C)CCCCC1(C)N2c1ccc2c(c1)N(c1ccc3c(c1)C(C)(C)CCC3(C)C)c1cc(N3c4ccc(C(C)(C)C)cc4C4(C)CCCCC34C)cc3c1B2c1cccc2c4c5ccccc5oc4n-3c12. The van der Waals surface area contributed by atoms with Gasteiger partial charge in [0.2, 0.25) is 5.71 Å². The Morgan fingerprint density at radius 1 is 0.439 bits per heavy atom. The Kier molecular flexibility index (Phi) is 10.1. The molecular weight excluding hydrogens is 996 g/mol. The molecule has 0 saturated heterocycles. The van der Waals surface area contributed by atoms with Crippen molar-refractivity contribution in [3.63, 3.8) is 0 Å². The van der Waals surface area contributed by atoms with Gasteiger partial charge in [-0.2, -0.15) is 0 Å². The van der Waals surface area contributed by atoms with Gasteiger partial charge in [0.05, 0.1) is 22.0 Å². The summed E-state index contributed by atoms with van der Waals surface area (Å²) in [4.78, 5) is 8.42. The summed E-state index contributed by atoms with van der Waals surface area (Å²) in [5.41, 5.74) is 26.2. The average molecular weight is 1080 g/mol. The van der Waals surface area contributed by atoms with E-state index >= 15 is 0 Å². The molecule has 0 spiro atoms. The second-order valence-corrected chi connectivity index (χ2v) is 31.0. The summed E-state index contributed by atoms with van der Waals surface area (Å²) in [6.45, 7) is 34.6. The molecule has 0 N–H and O–H groups in total. The number of para-hydroxylation sites is 2. The fraction of sp³-hybridized carbons (Fsp3) is 0.421. The zero-order valence-corrected chi connectivity index (χ0v) is 51.5. The third kappa shape index (κ3) is 6.38. The van der Waals surface area contributed by atoms with Gasteiger partial charge in [0.15, 0.2) is 0 Å². The summed E-state index contributed by atoms with van der Waals surface area (Å²) < 4.78 is 9.79. The summed E-state index contributed by atoms with van der Waals surface area (Å²) >= 11 is 0. The van der Waals surface area contributed by atoms with E-state index in [9.17, 15) is 0 Å². The monoisotopic (exact) mass is 1080 g/mol. The Bertz CT molecular complexity index is 4270. The van der Waals surface area contributed by atoms with Crippen LogP contribution < -0.4 is 31.1 Å². The fourth-order valence-corrected chi connectivity index (χ4v) is 18.4. The van der Waals surface area contributed by atoms with Crippen LogP contribution in [0.2, 0.25) is 0 Å². The van der Waals surface area contributed by atoms with Crippen LogP contribution in [-0.4, -0.2) is 22.4 Å². The number of anilines is 7. The number of benzene rings is 7. The summed E-state index contributed by atoms with van der Waals surface area (Å²) in [6, 6.07) is 51.6. The Hall–Kier alpha value is -6.66. The standard InChI is InChI=1S/C76H83BN4O/c1-69(2,3)46-26-32-59-55(40-46)73(11)34-17-19-36-75(73,13)80(59)49-29-31-57-61(43-49)78(48-28-30-53-54(42-48)72(9,10)39-38-71(53,7)8)62-44-50(81-60-33-27-47(70(4,5)6)41-56(60)74(12)35-18-20-37-76(74,81)14)45-63-66(62)77(57)58-24-21-23-52-65-51-22-15-16-25-64(51)82-68(65)79(63)67(52)58/h15-16,21-33,40-45H,17-20,34-39H2,1-14H3. The van der Waals surface area contributed by atoms with Crippen LogP contribution in [-0.2, 0) is 32.5 Å². The molecule has 7 aromatic carbocycles. The predicted molar refractivity (Wildman–Crippen MR) is 348 cm³/mol. The number of furan rings is 1. The lowest BCUT2D eigenvalue weighted by atomic mass is 9.33. The van der Waals surface area contributed by atoms with Gasteiger partial charge in [-0.3, -0.25) is 4.57 Å². The quantitative estimate of drug-likeness (QED) is 0.165. The van der Waals surface area contributed by atoms with E-state index in [1.54, 1.807) is 0 Å². The molecule has 4 aliphatic heterocycles. The summed E-state index contributed by atoms with van der Waals surface area (Å²) in [5, 5.41) is 3.64. The fourth-order valence-electron chi connectivity index (χ4n) is 18.4. The molecule has 0 radical (unpaired) electrons. The Morgan fingerprint density at radius 2 is 1.00 bits per heavy atom. The number of hydrogen-bond acceptors (Lipinski definition) is 4. The van der Waals surface area contributed by atoms with Crippen molar-refractivity contribution >= 4 is 95.9 Å². The van der Waals surface area contributed by atoms with E-state index in [1.807, 2.05) is 0 Å². The summed E-state index contributed by atoms with van der Waals surface area (Å²) in [7, 11) is 0. The van der Waals surface area contributed by atoms with Crippen LogP contribution in [0.4, 0.5) is 39.8 Å². The van der Waals surface area contributed by atoms with E-state index < -0.39 is 0 Å². The van der Waals surface area contributed by atoms with Crippen LogP contribution in [0.15, 0.2) is 132 Å². The zero-order chi connectivity index (χ0) is 56.8. The molecule has 5 nitrogen and oxygen atoms in total. The molecule has 2 aromatic heterocycles. The van der Waals surface area contributed by atoms with Crippen LogP contribution in [0.25, 0.3) is 38.7 Å². The van der Waals surface area contributed by atoms with Crippen LogP contribution in [0.5, 0.6) is 0 Å². The first-order chi connectivity index (χ1) is 38.9. The molecule has 82 heavy (non-hydrogen) atoms. The molecule has 9 aromatic rings. The minimum atomic E-state index is -0.165. The summed E-state index contributed by atoms with van der Waals surface area (Å²) in [5.74, 6) is 0. The average Bonchev–Trinajstić information content (AvgIpc) is 1.47. The number of hydrogen-bond donors (Lipinski definition) is 0. The normalized spacial score (nSPS) is 25.5. The topological polar surface area (TPSA) is 27.8 Å². The van der Waals surface area contributed by atoms with Gasteiger partial charge in [-0.25, -0.2) is 0 Å². The van der Waals surface area contributed by atoms with Gasteiger partial charge in [-0.1, -0.05) is 182 Å². The second-order valence-electron chi connectivity index (χ2n) is 31.0. The van der Waals surface area contributed by atoms with E-state index in [0.29, 0.717) is 0 Å². The lowest BCUT2D eigenvalue weighted by molar-refractivity contribution is 0.195. The highest BCUT2D eigenvalue weighted by molar-refractivity contribution is 7.00. The van der Waals surface area contributed by atoms with Crippen LogP contribution in [0.1, 0.15) is 195 Å². The molecule has 7 aliphatic rings. The van der Waals surface area contributed by atoms with Crippen LogP contribution in [0.3, 0.4) is 0 Å². The van der Waals surface area contributed by atoms with Crippen molar-refractivity contribution in [2.24, 2.45) is 0 Å². The maximum absolute atomic E-state index is 7.22. The van der Waals surface area contributed by atoms with E-state index in [0.717, 1.165) is 30.6 Å². The molecule has 3 aliphatic carbocycles. The van der Waals surface area contributed by atoms with Crippen LogP contribution in [0, 0.1) is 0 Å². The second kappa shape index (κ2) is 16.2. The first kappa shape index (κ1) is 51.0. The molecule has 0 amide bonds. The highest BCUT2D eigenvalue weighted by Gasteiger charge is 2.60. The molecule has 4 unspecified atom stereocenters. The van der Waals surface area contributed by atoms with Crippen molar-refractivity contribution in [1.29, 1.82) is 0 Å². The molecule has 0 bridgehead atoms. The minimum absolute atomic E-state index is 0.000379. The Labute approximate surface area is 488 Å². The third-order valence-electron chi connectivity index (χ3n) is 23.7. The van der Waals surface area contributed by atoms with Crippen molar-refractivity contribution in [3.05, 3.63) is 161 Å². The summed E-state index contributed by atoms with van der Waals surface area (Å²) in [6.07, 6.45) is 11.9. The van der Waals surface area contributed by atoms with E-state index in [-0.39, 0.29) is 50.3 Å². The maximum Gasteiger partial charge on any atom is 0.252 e. The lowest BCUT2D eigenvalue weighted by Gasteiger charge is -2.51. The van der Waals surface area contributed by atoms with Gasteiger partial charge in [0.25, 0.3) is 6.71 Å². The van der Waals surface area contributed by atoms with Crippen LogP contribution >= 0.6 is 0 Å². The highest BCUT2D eigenvalue weighted by Crippen LogP contribution is 2.64. The first-order valence-electron chi connectivity index (χ1n) is 31.5. The van der Waals surface area contributed by atoms with E-state index in [2.05, 4.69) is 244 Å². The zero-order valence-electron chi connectivity index (χ0n) is 51.5. The largest absolute Gasteiger partial charge is 0.439 e. The van der Waals surface area contributed by atoms with E-state index in [1.165, 1.54) is 162 Å². The minimum Gasteiger partial charge on any atom is -0.439 e. The van der Waals surface area contributed by atoms with Gasteiger partial charge in [-0.05, 0) is 178 Å². The molecule has 2 saturated carbocycles. The van der Waals surface area contributed by atoms with Crippen molar-refractivity contribution in [2.75, 3.05) is 14.7 Å². The van der Waals surface area contributed by atoms with E-state index in [4.69, 9.17) is 4.42 Å². The van der Waals surface area contributed by atoms with Crippen molar-refractivity contribution in [3.8, 4) is 5.69 Å². The Morgan fingerprint density at radius 3 is 1.65 bits per heavy atom. The maximum atomic E-state index is 7.22. The van der Waals surface area contributed by atoms with Crippen molar-refractivity contribution in [2.45, 2.75) is 205 Å². The predicted octanol–water partition coefficient (Wildman–Crippen LogP) is 18.6. The van der Waals surface area contributed by atoms with Gasteiger partial charge in [0, 0.05) is 67.1 Å². The number of nitrogens with zero attached hydrogens (tertiary/aromatic N) is 4. The first-order valence-corrected chi connectivity index (χ1v) is 31.5. The number of rotatable bonds is 3. The highest BCUT2D eigenvalue weighted by atomic mass is 16.3. The smallest absolute Gasteiger partial charge is 0.252 e. The molecular formula is C76H83BN4O. The van der Waals surface area contributed by atoms with Crippen molar-refractivity contribution in [1.82, 2.24) is 4.57 Å². The van der Waals surface area contributed by atoms with Gasteiger partial charge < -0.3 is 19.1 Å². The molecule has 16 rings (SSSR count). The Balaban J connectivity index is 1.03. The third-order valence-corrected chi connectivity index (χ3v) is 23.7. The molecule has 6 heterocycles. The van der Waals surface area contributed by atoms with Gasteiger partial charge >= 0.3 is 0 Å². The molecule has 2 fully saturated rings. The van der Waals surface area contributed by atoms with Gasteiger partial charge in [0.1, 0.15) is 5.58 Å².